The number of carbonyl (C=O) groups excluding carboxylic acids is 3. The first kappa shape index (κ1) is 23.9. The zero-order valence-corrected chi connectivity index (χ0v) is 20.4. The van der Waals surface area contributed by atoms with Crippen LogP contribution in [0.25, 0.3) is 17.0 Å². The van der Waals surface area contributed by atoms with Crippen LogP contribution in [0.5, 0.6) is 11.5 Å². The molecule has 0 saturated carbocycles. The van der Waals surface area contributed by atoms with Crippen molar-refractivity contribution in [2.24, 2.45) is 0 Å². The molecule has 1 N–H and O–H groups in total. The molecule has 1 fully saturated rings. The van der Waals surface area contributed by atoms with Gasteiger partial charge in [-0.1, -0.05) is 35.9 Å². The molecule has 0 aliphatic carbocycles. The number of carbonyl (C=O) groups is 3. The number of methoxy groups -OCH3 is 1. The number of urea groups is 1. The van der Waals surface area contributed by atoms with E-state index in [4.69, 9.17) is 9.47 Å². The minimum absolute atomic E-state index is 0.113. The molecule has 37 heavy (non-hydrogen) atoms. The third-order valence-electron chi connectivity index (χ3n) is 6.17. The molecule has 8 heteroatoms. The van der Waals surface area contributed by atoms with Gasteiger partial charge < -0.3 is 14.0 Å². The highest BCUT2D eigenvalue weighted by Crippen LogP contribution is 2.27. The summed E-state index contributed by atoms with van der Waals surface area (Å²) < 4.78 is 13.1. The molecule has 5 rings (SSSR count). The molecule has 1 aromatic heterocycles. The number of para-hydroxylation sites is 1. The van der Waals surface area contributed by atoms with Gasteiger partial charge in [0.1, 0.15) is 23.7 Å². The molecular formula is C29H25N3O5. The van der Waals surface area contributed by atoms with Gasteiger partial charge in [-0.15, -0.1) is 0 Å². The molecule has 4 aromatic rings. The van der Waals surface area contributed by atoms with Gasteiger partial charge in [-0.25, -0.2) is 9.69 Å². The second kappa shape index (κ2) is 10.0. The van der Waals surface area contributed by atoms with Crippen LogP contribution < -0.4 is 19.7 Å². The van der Waals surface area contributed by atoms with E-state index in [0.717, 1.165) is 32.9 Å². The molecule has 3 aromatic carbocycles. The first-order chi connectivity index (χ1) is 17.9. The maximum absolute atomic E-state index is 13.3. The van der Waals surface area contributed by atoms with Gasteiger partial charge in [-0.3, -0.25) is 14.9 Å². The van der Waals surface area contributed by atoms with Crippen LogP contribution in [-0.4, -0.2) is 36.1 Å². The van der Waals surface area contributed by atoms with Crippen LogP contribution in [0.15, 0.2) is 84.6 Å². The second-order valence-electron chi connectivity index (χ2n) is 8.61. The Labute approximate surface area is 213 Å². The van der Waals surface area contributed by atoms with Gasteiger partial charge in [-0.2, -0.15) is 0 Å². The van der Waals surface area contributed by atoms with Crippen LogP contribution in [0, 0.1) is 6.92 Å². The highest BCUT2D eigenvalue weighted by molar-refractivity contribution is 6.39. The average Bonchev–Trinajstić information content (AvgIpc) is 3.25. The van der Waals surface area contributed by atoms with Crippen molar-refractivity contribution >= 4 is 40.5 Å². The summed E-state index contributed by atoms with van der Waals surface area (Å²) in [6, 6.07) is 21.3. The second-order valence-corrected chi connectivity index (χ2v) is 8.61. The van der Waals surface area contributed by atoms with Crippen LogP contribution in [0.1, 0.15) is 11.1 Å². The van der Waals surface area contributed by atoms with E-state index < -0.39 is 17.8 Å². The smallest absolute Gasteiger partial charge is 0.335 e. The largest absolute Gasteiger partial charge is 0.497 e. The molecular weight excluding hydrogens is 470 g/mol. The summed E-state index contributed by atoms with van der Waals surface area (Å²) in [7, 11) is 1.61. The molecule has 4 amide bonds. The number of fused-ring (bicyclic) bond motifs is 1. The van der Waals surface area contributed by atoms with E-state index >= 15 is 0 Å². The molecule has 8 nitrogen and oxygen atoms in total. The standard InChI is InChI=1S/C29H25N3O5/c1-19-7-9-21(10-8-19)32-28(34)25(27(33)30-29(32)35)17-20-18-31(26-6-4-3-5-24(20)26)15-16-37-23-13-11-22(36-2)12-14-23/h3-14,17-18H,15-16H2,1-2H3,(H,30,33,35)/b25-17+. The van der Waals surface area contributed by atoms with Gasteiger partial charge in [0.2, 0.25) is 0 Å². The zero-order chi connectivity index (χ0) is 25.9. The van der Waals surface area contributed by atoms with Crippen molar-refractivity contribution in [3.63, 3.8) is 0 Å². The van der Waals surface area contributed by atoms with Crippen LogP contribution in [0.4, 0.5) is 10.5 Å². The Morgan fingerprint density at radius 2 is 1.59 bits per heavy atom. The van der Waals surface area contributed by atoms with Crippen LogP contribution in [-0.2, 0) is 16.1 Å². The summed E-state index contributed by atoms with van der Waals surface area (Å²) in [6.45, 7) is 2.87. The maximum Gasteiger partial charge on any atom is 0.335 e. The number of ether oxygens (including phenoxy) is 2. The Bertz CT molecular complexity index is 1520. The zero-order valence-electron chi connectivity index (χ0n) is 20.4. The molecule has 0 radical (unpaired) electrons. The molecule has 2 heterocycles. The Kier molecular flexibility index (Phi) is 6.47. The van der Waals surface area contributed by atoms with Gasteiger partial charge in [0.05, 0.1) is 19.3 Å². The first-order valence-electron chi connectivity index (χ1n) is 11.8. The topological polar surface area (TPSA) is 89.9 Å². The predicted octanol–water partition coefficient (Wildman–Crippen LogP) is 4.70. The Morgan fingerprint density at radius 1 is 0.892 bits per heavy atom. The molecule has 1 aliphatic rings. The lowest BCUT2D eigenvalue weighted by atomic mass is 10.1. The molecule has 0 atom stereocenters. The fraction of sp³-hybridized carbons (Fsp3) is 0.138. The summed E-state index contributed by atoms with van der Waals surface area (Å²) in [6.07, 6.45) is 3.41. The first-order valence-corrected chi connectivity index (χ1v) is 11.8. The summed E-state index contributed by atoms with van der Waals surface area (Å²) in [4.78, 5) is 39.5. The lowest BCUT2D eigenvalue weighted by Crippen LogP contribution is -2.54. The highest BCUT2D eigenvalue weighted by atomic mass is 16.5. The third-order valence-corrected chi connectivity index (χ3v) is 6.17. The molecule has 0 spiro atoms. The molecule has 0 unspecified atom stereocenters. The van der Waals surface area contributed by atoms with Crippen molar-refractivity contribution in [2.75, 3.05) is 18.6 Å². The molecule has 0 bridgehead atoms. The number of benzene rings is 3. The average molecular weight is 496 g/mol. The minimum atomic E-state index is -0.769. The Morgan fingerprint density at radius 3 is 2.32 bits per heavy atom. The van der Waals surface area contributed by atoms with E-state index in [2.05, 4.69) is 5.32 Å². The van der Waals surface area contributed by atoms with E-state index in [1.165, 1.54) is 6.08 Å². The lowest BCUT2D eigenvalue weighted by molar-refractivity contribution is -0.122. The van der Waals surface area contributed by atoms with Crippen molar-refractivity contribution in [2.45, 2.75) is 13.5 Å². The summed E-state index contributed by atoms with van der Waals surface area (Å²) in [5.41, 5.74) is 2.89. The van der Waals surface area contributed by atoms with E-state index in [1.54, 1.807) is 31.4 Å². The monoisotopic (exact) mass is 495 g/mol. The van der Waals surface area contributed by atoms with Crippen LogP contribution >= 0.6 is 0 Å². The van der Waals surface area contributed by atoms with Gasteiger partial charge in [0.15, 0.2) is 0 Å². The van der Waals surface area contributed by atoms with Crippen LogP contribution in [0.2, 0.25) is 0 Å². The number of anilines is 1. The minimum Gasteiger partial charge on any atom is -0.497 e. The van der Waals surface area contributed by atoms with E-state index in [0.29, 0.717) is 24.4 Å². The molecule has 1 saturated heterocycles. The number of barbiturate groups is 1. The van der Waals surface area contributed by atoms with Crippen molar-refractivity contribution in [1.82, 2.24) is 9.88 Å². The number of aryl methyl sites for hydroxylation is 1. The summed E-state index contributed by atoms with van der Waals surface area (Å²) >= 11 is 0. The summed E-state index contributed by atoms with van der Waals surface area (Å²) in [5, 5.41) is 3.16. The van der Waals surface area contributed by atoms with Gasteiger partial charge in [0, 0.05) is 22.7 Å². The van der Waals surface area contributed by atoms with Crippen molar-refractivity contribution in [1.29, 1.82) is 0 Å². The van der Waals surface area contributed by atoms with Crippen molar-refractivity contribution < 1.29 is 23.9 Å². The quantitative estimate of drug-likeness (QED) is 0.296. The van der Waals surface area contributed by atoms with Gasteiger partial charge >= 0.3 is 6.03 Å². The number of aromatic nitrogens is 1. The number of nitrogens with one attached hydrogen (secondary N) is 1. The number of imide groups is 2. The normalized spacial score (nSPS) is 14.8. The van der Waals surface area contributed by atoms with Crippen LogP contribution in [0.3, 0.4) is 0 Å². The number of amides is 4. The molecule has 186 valence electrons. The fourth-order valence-electron chi connectivity index (χ4n) is 4.25. The Hall–Kier alpha value is -4.85. The lowest BCUT2D eigenvalue weighted by Gasteiger charge is -2.26. The number of nitrogens with zero attached hydrogens (tertiary/aromatic N) is 2. The predicted molar refractivity (Wildman–Crippen MR) is 141 cm³/mol. The maximum atomic E-state index is 13.3. The molecule has 1 aliphatic heterocycles. The van der Waals surface area contributed by atoms with Gasteiger partial charge in [0.25, 0.3) is 11.8 Å². The summed E-state index contributed by atoms with van der Waals surface area (Å²) in [5.74, 6) is 0.0885. The highest BCUT2D eigenvalue weighted by Gasteiger charge is 2.37. The SMILES string of the molecule is COc1ccc(OCCn2cc(/C=C3\C(=O)NC(=O)N(c4ccc(C)cc4)C3=O)c3ccccc32)cc1. The third kappa shape index (κ3) is 4.81. The van der Waals surface area contributed by atoms with E-state index in [1.807, 2.05) is 66.2 Å². The number of hydrogen-bond acceptors (Lipinski definition) is 5. The van der Waals surface area contributed by atoms with Crippen molar-refractivity contribution in [3.05, 3.63) is 95.7 Å². The van der Waals surface area contributed by atoms with E-state index in [-0.39, 0.29) is 5.57 Å². The fourth-order valence-corrected chi connectivity index (χ4v) is 4.25. The van der Waals surface area contributed by atoms with E-state index in [9.17, 15) is 14.4 Å². The van der Waals surface area contributed by atoms with Gasteiger partial charge in [-0.05, 0) is 55.5 Å². The van der Waals surface area contributed by atoms with Crippen molar-refractivity contribution in [3.8, 4) is 11.5 Å². The Balaban J connectivity index is 1.42. The number of hydrogen-bond donors (Lipinski definition) is 1. The number of rotatable bonds is 7.